The lowest BCUT2D eigenvalue weighted by Crippen LogP contribution is -2.42. The molecule has 150 valence electrons. The van der Waals surface area contributed by atoms with Crippen LogP contribution >= 0.6 is 0 Å². The van der Waals surface area contributed by atoms with Gasteiger partial charge in [-0.1, -0.05) is 12.8 Å². The van der Waals surface area contributed by atoms with Gasteiger partial charge in [0.05, 0.1) is 19.9 Å². The summed E-state index contributed by atoms with van der Waals surface area (Å²) in [7, 11) is 4.88. The maximum atomic E-state index is 12.9. The van der Waals surface area contributed by atoms with Crippen LogP contribution in [-0.4, -0.2) is 57.1 Å². The zero-order valence-corrected chi connectivity index (χ0v) is 16.6. The van der Waals surface area contributed by atoms with Crippen LogP contribution < -0.4 is 20.1 Å². The van der Waals surface area contributed by atoms with Gasteiger partial charge in [0, 0.05) is 38.2 Å². The largest absolute Gasteiger partial charge is 0.497 e. The van der Waals surface area contributed by atoms with Crippen LogP contribution in [-0.2, 0) is 9.59 Å². The summed E-state index contributed by atoms with van der Waals surface area (Å²) in [6.07, 6.45) is 4.95. The van der Waals surface area contributed by atoms with E-state index in [9.17, 15) is 9.59 Å². The zero-order valence-electron chi connectivity index (χ0n) is 16.6. The molecule has 1 aromatic rings. The first kappa shape index (κ1) is 21.0. The van der Waals surface area contributed by atoms with Crippen molar-refractivity contribution in [2.45, 2.75) is 44.6 Å². The molecule has 2 amide bonds. The van der Waals surface area contributed by atoms with Gasteiger partial charge in [0.15, 0.2) is 0 Å². The number of amides is 2. The first-order valence-corrected chi connectivity index (χ1v) is 9.52. The molecule has 0 bridgehead atoms. The number of ether oxygens (including phenoxy) is 2. The standard InChI is InChI=1S/C20H31N3O4/c1-22(19(24)8-6-4-5-7-10-21)18-9-11-23(20(18)25)15-12-16(26-2)14-17(13-15)27-3/h12-14,18H,4-11,21H2,1-3H3. The van der Waals surface area contributed by atoms with Gasteiger partial charge in [-0.2, -0.15) is 0 Å². The molecule has 7 heteroatoms. The van der Waals surface area contributed by atoms with Gasteiger partial charge in [0.25, 0.3) is 0 Å². The molecule has 0 aliphatic carbocycles. The Morgan fingerprint density at radius 2 is 1.78 bits per heavy atom. The van der Waals surface area contributed by atoms with Gasteiger partial charge >= 0.3 is 0 Å². The number of nitrogens with two attached hydrogens (primary N) is 1. The third-order valence-corrected chi connectivity index (χ3v) is 5.03. The number of likely N-dealkylation sites (N-methyl/N-ethyl adjacent to an activating group) is 1. The van der Waals surface area contributed by atoms with Crippen LogP contribution in [0.2, 0.25) is 0 Å². The fourth-order valence-corrected chi connectivity index (χ4v) is 3.35. The van der Waals surface area contributed by atoms with Crippen molar-refractivity contribution < 1.29 is 19.1 Å². The number of carbonyl (C=O) groups excluding carboxylic acids is 2. The van der Waals surface area contributed by atoms with Crippen molar-refractivity contribution in [3.8, 4) is 11.5 Å². The van der Waals surface area contributed by atoms with Crippen molar-refractivity contribution in [3.63, 3.8) is 0 Å². The number of carbonyl (C=O) groups is 2. The highest BCUT2D eigenvalue weighted by Crippen LogP contribution is 2.31. The summed E-state index contributed by atoms with van der Waals surface area (Å²) in [5, 5.41) is 0. The van der Waals surface area contributed by atoms with Gasteiger partial charge in [0.1, 0.15) is 17.5 Å². The van der Waals surface area contributed by atoms with E-state index < -0.39 is 6.04 Å². The lowest BCUT2D eigenvalue weighted by molar-refractivity contribution is -0.136. The maximum Gasteiger partial charge on any atom is 0.249 e. The minimum atomic E-state index is -0.418. The highest BCUT2D eigenvalue weighted by molar-refractivity contribution is 6.01. The summed E-state index contributed by atoms with van der Waals surface area (Å²) in [5.41, 5.74) is 6.20. The second kappa shape index (κ2) is 10.2. The van der Waals surface area contributed by atoms with Crippen molar-refractivity contribution in [1.82, 2.24) is 4.90 Å². The fraction of sp³-hybridized carbons (Fsp3) is 0.600. The van der Waals surface area contributed by atoms with Gasteiger partial charge in [-0.3, -0.25) is 9.59 Å². The molecule has 1 aromatic carbocycles. The Labute approximate surface area is 161 Å². The molecule has 0 aromatic heterocycles. The fourth-order valence-electron chi connectivity index (χ4n) is 3.35. The number of benzene rings is 1. The minimum Gasteiger partial charge on any atom is -0.497 e. The van der Waals surface area contributed by atoms with Crippen LogP contribution in [0.5, 0.6) is 11.5 Å². The Hall–Kier alpha value is -2.28. The molecule has 0 spiro atoms. The maximum absolute atomic E-state index is 12.9. The topological polar surface area (TPSA) is 85.1 Å². The summed E-state index contributed by atoms with van der Waals surface area (Å²) in [6.45, 7) is 1.25. The van der Waals surface area contributed by atoms with Crippen molar-refractivity contribution in [2.75, 3.05) is 39.3 Å². The van der Waals surface area contributed by atoms with Crippen molar-refractivity contribution in [1.29, 1.82) is 0 Å². The van der Waals surface area contributed by atoms with Crippen LogP contribution in [0.15, 0.2) is 18.2 Å². The van der Waals surface area contributed by atoms with Gasteiger partial charge in [-0.15, -0.1) is 0 Å². The summed E-state index contributed by atoms with van der Waals surface area (Å²) >= 11 is 0. The van der Waals surface area contributed by atoms with Crippen LogP contribution in [0.1, 0.15) is 38.5 Å². The average molecular weight is 377 g/mol. The number of unbranched alkanes of at least 4 members (excludes halogenated alkanes) is 3. The Bertz CT molecular complexity index is 628. The molecular formula is C20H31N3O4. The SMILES string of the molecule is COc1cc(OC)cc(N2CCC(N(C)C(=O)CCCCCCN)C2=O)c1. The van der Waals surface area contributed by atoms with Crippen molar-refractivity contribution in [3.05, 3.63) is 18.2 Å². The molecule has 0 saturated carbocycles. The number of methoxy groups -OCH3 is 2. The summed E-state index contributed by atoms with van der Waals surface area (Å²) in [4.78, 5) is 28.6. The highest BCUT2D eigenvalue weighted by Gasteiger charge is 2.37. The number of anilines is 1. The number of hydrogen-bond donors (Lipinski definition) is 1. The predicted molar refractivity (Wildman–Crippen MR) is 105 cm³/mol. The van der Waals surface area contributed by atoms with Crippen molar-refractivity contribution in [2.24, 2.45) is 5.73 Å². The monoisotopic (exact) mass is 377 g/mol. The van der Waals surface area contributed by atoms with Crippen molar-refractivity contribution >= 4 is 17.5 Å². The normalized spacial score (nSPS) is 16.5. The zero-order chi connectivity index (χ0) is 19.8. The van der Waals surface area contributed by atoms with E-state index in [1.165, 1.54) is 0 Å². The smallest absolute Gasteiger partial charge is 0.249 e. The first-order valence-electron chi connectivity index (χ1n) is 9.52. The van der Waals surface area contributed by atoms with Crippen LogP contribution in [0.3, 0.4) is 0 Å². The first-order chi connectivity index (χ1) is 13.0. The van der Waals surface area contributed by atoms with E-state index in [1.807, 2.05) is 12.1 Å². The van der Waals surface area contributed by atoms with E-state index in [4.69, 9.17) is 15.2 Å². The molecule has 1 fully saturated rings. The Balaban J connectivity index is 1.98. The summed E-state index contributed by atoms with van der Waals surface area (Å²) in [6, 6.07) is 4.96. The van der Waals surface area contributed by atoms with Crippen LogP contribution in [0.25, 0.3) is 0 Å². The Kier molecular flexibility index (Phi) is 7.91. The predicted octanol–water partition coefficient (Wildman–Crippen LogP) is 2.18. The highest BCUT2D eigenvalue weighted by atomic mass is 16.5. The van der Waals surface area contributed by atoms with E-state index in [0.717, 1.165) is 31.4 Å². The minimum absolute atomic E-state index is 0.0196. The average Bonchev–Trinajstić information content (AvgIpc) is 3.07. The van der Waals surface area contributed by atoms with E-state index in [1.54, 1.807) is 37.1 Å². The number of nitrogens with zero attached hydrogens (tertiary/aromatic N) is 2. The van der Waals surface area contributed by atoms with E-state index in [2.05, 4.69) is 0 Å². The molecule has 1 unspecified atom stereocenters. The number of hydrogen-bond acceptors (Lipinski definition) is 5. The molecule has 1 atom stereocenters. The lowest BCUT2D eigenvalue weighted by atomic mass is 10.1. The lowest BCUT2D eigenvalue weighted by Gasteiger charge is -2.24. The van der Waals surface area contributed by atoms with Gasteiger partial charge in [0.2, 0.25) is 11.8 Å². The Morgan fingerprint density at radius 3 is 2.37 bits per heavy atom. The molecule has 1 aliphatic heterocycles. The van der Waals surface area contributed by atoms with Crippen LogP contribution in [0, 0.1) is 0 Å². The molecule has 1 aliphatic rings. The molecular weight excluding hydrogens is 346 g/mol. The summed E-state index contributed by atoms with van der Waals surface area (Å²) in [5.74, 6) is 1.21. The summed E-state index contributed by atoms with van der Waals surface area (Å²) < 4.78 is 10.6. The van der Waals surface area contributed by atoms with Gasteiger partial charge in [-0.25, -0.2) is 0 Å². The third-order valence-electron chi connectivity index (χ3n) is 5.03. The molecule has 2 rings (SSSR count). The van der Waals surface area contributed by atoms with E-state index >= 15 is 0 Å². The molecule has 1 heterocycles. The van der Waals surface area contributed by atoms with Gasteiger partial charge < -0.3 is 25.0 Å². The van der Waals surface area contributed by atoms with Gasteiger partial charge in [-0.05, 0) is 25.8 Å². The third kappa shape index (κ3) is 5.35. The van der Waals surface area contributed by atoms with E-state index in [-0.39, 0.29) is 11.8 Å². The Morgan fingerprint density at radius 1 is 1.15 bits per heavy atom. The van der Waals surface area contributed by atoms with Crippen LogP contribution in [0.4, 0.5) is 5.69 Å². The molecule has 27 heavy (non-hydrogen) atoms. The molecule has 7 nitrogen and oxygen atoms in total. The quantitative estimate of drug-likeness (QED) is 0.632. The second-order valence-corrected chi connectivity index (χ2v) is 6.82. The number of rotatable bonds is 10. The molecule has 0 radical (unpaired) electrons. The molecule has 1 saturated heterocycles. The van der Waals surface area contributed by atoms with E-state index in [0.29, 0.717) is 37.4 Å². The second-order valence-electron chi connectivity index (χ2n) is 6.82. The molecule has 2 N–H and O–H groups in total.